The molecule has 1 N–H and O–H groups in total. The first kappa shape index (κ1) is 17.7. The van der Waals surface area contributed by atoms with Crippen molar-refractivity contribution < 1.29 is 9.59 Å². The van der Waals surface area contributed by atoms with Crippen LogP contribution in [0.2, 0.25) is 0 Å². The normalized spacial score (nSPS) is 16.8. The van der Waals surface area contributed by atoms with Gasteiger partial charge in [-0.15, -0.1) is 0 Å². The number of fused-ring (bicyclic) bond motifs is 1. The summed E-state index contributed by atoms with van der Waals surface area (Å²) in [5.74, 6) is 0.0774. The fourth-order valence-electron chi connectivity index (χ4n) is 3.93. The molecule has 0 saturated carbocycles. The summed E-state index contributed by atoms with van der Waals surface area (Å²) in [6.45, 7) is 3.11. The monoisotopic (exact) mass is 363 g/mol. The Balaban J connectivity index is 1.26. The molecule has 0 atom stereocenters. The largest absolute Gasteiger partial charge is 0.336 e. The lowest BCUT2D eigenvalue weighted by Gasteiger charge is -2.34. The van der Waals surface area contributed by atoms with Crippen molar-refractivity contribution in [3.8, 4) is 0 Å². The minimum Gasteiger partial charge on any atom is -0.336 e. The number of nitrogens with one attached hydrogen (secondary N) is 1. The maximum Gasteiger partial charge on any atom is 0.253 e. The number of amides is 2. The van der Waals surface area contributed by atoms with E-state index in [0.717, 1.165) is 37.2 Å². The van der Waals surface area contributed by atoms with Crippen molar-refractivity contribution in [2.75, 3.05) is 38.0 Å². The summed E-state index contributed by atoms with van der Waals surface area (Å²) in [6.07, 6.45) is 3.46. The molecule has 2 aliphatic rings. The molecule has 1 aliphatic heterocycles. The first-order valence-corrected chi connectivity index (χ1v) is 9.67. The van der Waals surface area contributed by atoms with Crippen molar-refractivity contribution in [3.63, 3.8) is 0 Å². The van der Waals surface area contributed by atoms with Gasteiger partial charge in [0, 0.05) is 37.4 Å². The zero-order chi connectivity index (χ0) is 18.6. The molecule has 2 amide bonds. The third-order valence-corrected chi connectivity index (χ3v) is 5.43. The van der Waals surface area contributed by atoms with Gasteiger partial charge >= 0.3 is 0 Å². The van der Waals surface area contributed by atoms with Gasteiger partial charge in [0.1, 0.15) is 0 Å². The van der Waals surface area contributed by atoms with Gasteiger partial charge in [-0.25, -0.2) is 0 Å². The predicted octanol–water partition coefficient (Wildman–Crippen LogP) is 2.57. The summed E-state index contributed by atoms with van der Waals surface area (Å²) in [4.78, 5) is 28.8. The van der Waals surface area contributed by atoms with Gasteiger partial charge in [0.15, 0.2) is 0 Å². The Hall–Kier alpha value is -2.66. The molecule has 140 valence electrons. The Morgan fingerprint density at radius 2 is 1.63 bits per heavy atom. The van der Waals surface area contributed by atoms with Crippen LogP contribution in [0.5, 0.6) is 0 Å². The number of aryl methyl sites for hydroxylation is 2. The SMILES string of the molecule is O=C(CN1CCN(C(=O)c2ccccc2)CC1)Nc1ccc2c(c1)CCC2. The molecule has 5 heteroatoms. The minimum absolute atomic E-state index is 0.00998. The van der Waals surface area contributed by atoms with Crippen LogP contribution >= 0.6 is 0 Å². The van der Waals surface area contributed by atoms with Crippen molar-refractivity contribution in [2.45, 2.75) is 19.3 Å². The average molecular weight is 363 g/mol. The quantitative estimate of drug-likeness (QED) is 0.908. The van der Waals surface area contributed by atoms with Crippen molar-refractivity contribution in [2.24, 2.45) is 0 Å². The Morgan fingerprint density at radius 1 is 0.889 bits per heavy atom. The van der Waals surface area contributed by atoms with Crippen molar-refractivity contribution in [1.29, 1.82) is 0 Å². The number of carbonyl (C=O) groups is 2. The van der Waals surface area contributed by atoms with Crippen LogP contribution in [-0.4, -0.2) is 54.3 Å². The lowest BCUT2D eigenvalue weighted by Crippen LogP contribution is -2.50. The standard InChI is InChI=1S/C22H25N3O2/c26-21(23-20-10-9-17-7-4-8-19(17)15-20)16-24-11-13-25(14-12-24)22(27)18-5-2-1-3-6-18/h1-3,5-6,9-10,15H,4,7-8,11-14,16H2,(H,23,26). The molecular formula is C22H25N3O2. The summed E-state index contributed by atoms with van der Waals surface area (Å²) >= 11 is 0. The highest BCUT2D eigenvalue weighted by Gasteiger charge is 2.23. The maximum atomic E-state index is 12.5. The molecule has 0 radical (unpaired) electrons. The molecule has 4 rings (SSSR count). The second kappa shape index (κ2) is 7.92. The van der Waals surface area contributed by atoms with Gasteiger partial charge in [-0.2, -0.15) is 0 Å². The van der Waals surface area contributed by atoms with E-state index in [0.29, 0.717) is 19.6 Å². The molecule has 1 saturated heterocycles. The minimum atomic E-state index is 0.00998. The second-order valence-corrected chi connectivity index (χ2v) is 7.32. The van der Waals surface area contributed by atoms with Crippen LogP contribution in [-0.2, 0) is 17.6 Å². The van der Waals surface area contributed by atoms with Crippen LogP contribution in [0.25, 0.3) is 0 Å². The highest BCUT2D eigenvalue weighted by atomic mass is 16.2. The van der Waals surface area contributed by atoms with Crippen LogP contribution in [0, 0.1) is 0 Å². The Labute approximate surface area is 160 Å². The van der Waals surface area contributed by atoms with Crippen LogP contribution in [0.15, 0.2) is 48.5 Å². The van der Waals surface area contributed by atoms with E-state index in [1.54, 1.807) is 0 Å². The fraction of sp³-hybridized carbons (Fsp3) is 0.364. The predicted molar refractivity (Wildman–Crippen MR) is 106 cm³/mol. The number of anilines is 1. The van der Waals surface area contributed by atoms with E-state index < -0.39 is 0 Å². The lowest BCUT2D eigenvalue weighted by atomic mass is 10.1. The van der Waals surface area contributed by atoms with Gasteiger partial charge in [-0.1, -0.05) is 24.3 Å². The summed E-state index contributed by atoms with van der Waals surface area (Å²) in [7, 11) is 0. The van der Waals surface area contributed by atoms with E-state index in [2.05, 4.69) is 22.3 Å². The third kappa shape index (κ3) is 4.19. The molecule has 2 aromatic carbocycles. The molecular weight excluding hydrogens is 338 g/mol. The molecule has 1 heterocycles. The molecule has 5 nitrogen and oxygen atoms in total. The van der Waals surface area contributed by atoms with Gasteiger partial charge in [0.25, 0.3) is 5.91 Å². The van der Waals surface area contributed by atoms with Crippen LogP contribution < -0.4 is 5.32 Å². The number of rotatable bonds is 4. The fourth-order valence-corrected chi connectivity index (χ4v) is 3.93. The molecule has 0 bridgehead atoms. The maximum absolute atomic E-state index is 12.5. The van der Waals surface area contributed by atoms with Crippen LogP contribution in [0.3, 0.4) is 0 Å². The molecule has 27 heavy (non-hydrogen) atoms. The zero-order valence-corrected chi connectivity index (χ0v) is 15.5. The first-order chi connectivity index (χ1) is 13.2. The van der Waals surface area contributed by atoms with E-state index in [-0.39, 0.29) is 11.8 Å². The lowest BCUT2D eigenvalue weighted by molar-refractivity contribution is -0.117. The van der Waals surface area contributed by atoms with Crippen molar-refractivity contribution in [3.05, 3.63) is 65.2 Å². The molecule has 0 spiro atoms. The Morgan fingerprint density at radius 3 is 2.41 bits per heavy atom. The highest BCUT2D eigenvalue weighted by molar-refractivity contribution is 5.94. The highest BCUT2D eigenvalue weighted by Crippen LogP contribution is 2.24. The average Bonchev–Trinajstić information content (AvgIpc) is 3.16. The number of nitrogens with zero attached hydrogens (tertiary/aromatic N) is 2. The van der Waals surface area contributed by atoms with Crippen molar-refractivity contribution in [1.82, 2.24) is 9.80 Å². The number of benzene rings is 2. The summed E-state index contributed by atoms with van der Waals surface area (Å²) < 4.78 is 0. The number of hydrogen-bond donors (Lipinski definition) is 1. The zero-order valence-electron chi connectivity index (χ0n) is 15.5. The van der Waals surface area contributed by atoms with Gasteiger partial charge in [-0.05, 0) is 54.7 Å². The van der Waals surface area contributed by atoms with Crippen LogP contribution in [0.1, 0.15) is 27.9 Å². The molecule has 0 unspecified atom stereocenters. The van der Waals surface area contributed by atoms with Crippen LogP contribution in [0.4, 0.5) is 5.69 Å². The van der Waals surface area contributed by atoms with E-state index in [1.807, 2.05) is 41.3 Å². The first-order valence-electron chi connectivity index (χ1n) is 9.67. The van der Waals surface area contributed by atoms with Gasteiger partial charge < -0.3 is 10.2 Å². The number of carbonyl (C=O) groups excluding carboxylic acids is 2. The number of piperazine rings is 1. The van der Waals surface area contributed by atoms with E-state index in [1.165, 1.54) is 17.5 Å². The Kier molecular flexibility index (Phi) is 5.21. The third-order valence-electron chi connectivity index (χ3n) is 5.43. The van der Waals surface area contributed by atoms with E-state index in [9.17, 15) is 9.59 Å². The van der Waals surface area contributed by atoms with E-state index in [4.69, 9.17) is 0 Å². The summed E-state index contributed by atoms with van der Waals surface area (Å²) in [5.41, 5.74) is 4.38. The summed E-state index contributed by atoms with van der Waals surface area (Å²) in [5, 5.41) is 3.02. The topological polar surface area (TPSA) is 52.7 Å². The number of hydrogen-bond acceptors (Lipinski definition) is 3. The second-order valence-electron chi connectivity index (χ2n) is 7.32. The molecule has 0 aromatic heterocycles. The molecule has 1 aliphatic carbocycles. The van der Waals surface area contributed by atoms with Gasteiger partial charge in [0.05, 0.1) is 6.54 Å². The molecule has 1 fully saturated rings. The Bertz CT molecular complexity index is 827. The van der Waals surface area contributed by atoms with Crippen molar-refractivity contribution >= 4 is 17.5 Å². The molecule has 2 aromatic rings. The smallest absolute Gasteiger partial charge is 0.253 e. The van der Waals surface area contributed by atoms with E-state index >= 15 is 0 Å². The summed E-state index contributed by atoms with van der Waals surface area (Å²) in [6, 6.07) is 15.6. The van der Waals surface area contributed by atoms with Gasteiger partial charge in [-0.3, -0.25) is 14.5 Å². The van der Waals surface area contributed by atoms with Gasteiger partial charge in [0.2, 0.25) is 5.91 Å².